The van der Waals surface area contributed by atoms with Crippen LogP contribution in [0.25, 0.3) is 0 Å². The van der Waals surface area contributed by atoms with Gasteiger partial charge in [0.2, 0.25) is 11.8 Å². The lowest BCUT2D eigenvalue weighted by molar-refractivity contribution is -0.127. The summed E-state index contributed by atoms with van der Waals surface area (Å²) in [6.45, 7) is -0.334. The monoisotopic (exact) mass is 490 g/mol. The molecule has 2 heterocycles. The van der Waals surface area contributed by atoms with Gasteiger partial charge < -0.3 is 19.8 Å². The van der Waals surface area contributed by atoms with Crippen LogP contribution in [-0.2, 0) is 9.59 Å². The minimum atomic E-state index is -0.984. The molecule has 2 N–H and O–H groups in total. The van der Waals surface area contributed by atoms with E-state index in [0.29, 0.717) is 17.0 Å². The summed E-state index contributed by atoms with van der Waals surface area (Å²) in [5.74, 6) is -0.573. The summed E-state index contributed by atoms with van der Waals surface area (Å²) >= 11 is 0. The third-order valence-electron chi connectivity index (χ3n) is 6.22. The van der Waals surface area contributed by atoms with Gasteiger partial charge in [0.15, 0.2) is 5.76 Å². The molecule has 3 aromatic rings. The Morgan fingerprint density at radius 2 is 1.86 bits per heavy atom. The molecule has 4 rings (SSSR count). The number of furan rings is 1. The predicted octanol–water partition coefficient (Wildman–Crippen LogP) is 3.64. The van der Waals surface area contributed by atoms with Gasteiger partial charge in [0.1, 0.15) is 11.8 Å². The van der Waals surface area contributed by atoms with Gasteiger partial charge in [-0.1, -0.05) is 25.3 Å². The third kappa shape index (κ3) is 6.10. The number of hydrogen-bond donors (Lipinski definition) is 2. The van der Waals surface area contributed by atoms with Gasteiger partial charge >= 0.3 is 0 Å². The van der Waals surface area contributed by atoms with E-state index in [1.165, 1.54) is 17.2 Å². The molecule has 3 amide bonds. The first-order valence-corrected chi connectivity index (χ1v) is 12.0. The number of nitrogens with one attached hydrogen (secondary N) is 2. The standard InChI is InChI=1S/C27H30N4O5/c1-35-22-13-11-21(12-14-22)31(24(32)18-29-26(33)23-10-6-16-36-23)25(19-7-5-15-28-17-19)27(34)30-20-8-3-2-4-9-20/h5-7,10-17,20,25H,2-4,8-9,18H2,1H3,(H,29,33)(H,30,34). The summed E-state index contributed by atoms with van der Waals surface area (Å²) in [7, 11) is 1.55. The van der Waals surface area contributed by atoms with Crippen LogP contribution in [0, 0.1) is 0 Å². The summed E-state index contributed by atoms with van der Waals surface area (Å²) in [6.07, 6.45) is 9.66. The molecule has 0 radical (unpaired) electrons. The Balaban J connectivity index is 1.66. The number of rotatable bonds is 9. The molecule has 1 unspecified atom stereocenters. The first-order valence-electron chi connectivity index (χ1n) is 12.0. The van der Waals surface area contributed by atoms with E-state index in [4.69, 9.17) is 9.15 Å². The number of carbonyl (C=O) groups excluding carboxylic acids is 3. The van der Waals surface area contributed by atoms with Crippen molar-refractivity contribution in [2.75, 3.05) is 18.6 Å². The zero-order valence-electron chi connectivity index (χ0n) is 20.2. The van der Waals surface area contributed by atoms with E-state index in [0.717, 1.165) is 32.1 Å². The van der Waals surface area contributed by atoms with Gasteiger partial charge in [0, 0.05) is 29.7 Å². The molecule has 188 valence electrons. The lowest BCUT2D eigenvalue weighted by atomic mass is 9.94. The van der Waals surface area contributed by atoms with E-state index >= 15 is 0 Å². The Labute approximate surface area is 209 Å². The quantitative estimate of drug-likeness (QED) is 0.474. The van der Waals surface area contributed by atoms with Gasteiger partial charge in [0.05, 0.1) is 19.9 Å². The molecule has 36 heavy (non-hydrogen) atoms. The number of hydrogen-bond acceptors (Lipinski definition) is 6. The van der Waals surface area contributed by atoms with Gasteiger partial charge in [-0.3, -0.25) is 24.3 Å². The van der Waals surface area contributed by atoms with Crippen LogP contribution in [0.15, 0.2) is 71.6 Å². The summed E-state index contributed by atoms with van der Waals surface area (Å²) in [6, 6.07) is 12.5. The molecule has 0 saturated heterocycles. The summed E-state index contributed by atoms with van der Waals surface area (Å²) in [5.41, 5.74) is 1.05. The highest BCUT2D eigenvalue weighted by Gasteiger charge is 2.34. The van der Waals surface area contributed by atoms with Crippen LogP contribution in [0.3, 0.4) is 0 Å². The van der Waals surface area contributed by atoms with E-state index < -0.39 is 17.9 Å². The van der Waals surface area contributed by atoms with Crippen molar-refractivity contribution in [3.05, 3.63) is 78.5 Å². The van der Waals surface area contributed by atoms with E-state index in [1.54, 1.807) is 62.0 Å². The van der Waals surface area contributed by atoms with E-state index in [2.05, 4.69) is 15.6 Å². The van der Waals surface area contributed by atoms with Crippen LogP contribution < -0.4 is 20.3 Å². The molecule has 0 aliphatic heterocycles. The van der Waals surface area contributed by atoms with Crippen molar-refractivity contribution in [3.63, 3.8) is 0 Å². The number of ether oxygens (including phenoxy) is 1. The minimum Gasteiger partial charge on any atom is -0.497 e. The second kappa shape index (κ2) is 12.0. The largest absolute Gasteiger partial charge is 0.497 e. The molecular formula is C27H30N4O5. The molecule has 0 spiro atoms. The van der Waals surface area contributed by atoms with Gasteiger partial charge in [-0.15, -0.1) is 0 Å². The molecule has 1 aromatic carbocycles. The molecule has 9 nitrogen and oxygen atoms in total. The lowest BCUT2D eigenvalue weighted by Crippen LogP contribution is -2.49. The second-order valence-electron chi connectivity index (χ2n) is 8.65. The molecular weight excluding hydrogens is 460 g/mol. The highest BCUT2D eigenvalue weighted by atomic mass is 16.5. The maximum Gasteiger partial charge on any atom is 0.287 e. The second-order valence-corrected chi connectivity index (χ2v) is 8.65. The summed E-state index contributed by atoms with van der Waals surface area (Å²) in [4.78, 5) is 45.3. The zero-order valence-corrected chi connectivity index (χ0v) is 20.2. The van der Waals surface area contributed by atoms with Crippen molar-refractivity contribution in [2.24, 2.45) is 0 Å². The highest BCUT2D eigenvalue weighted by molar-refractivity contribution is 6.04. The first-order chi connectivity index (χ1) is 17.6. The van der Waals surface area contributed by atoms with Crippen molar-refractivity contribution >= 4 is 23.4 Å². The van der Waals surface area contributed by atoms with E-state index in [-0.39, 0.29) is 24.3 Å². The molecule has 1 fully saturated rings. The van der Waals surface area contributed by atoms with E-state index in [1.807, 2.05) is 0 Å². The Hall–Kier alpha value is -4.14. The summed E-state index contributed by atoms with van der Waals surface area (Å²) < 4.78 is 10.4. The topological polar surface area (TPSA) is 114 Å². The number of benzene rings is 1. The Bertz CT molecular complexity index is 1140. The molecule has 1 atom stereocenters. The van der Waals surface area contributed by atoms with Gasteiger partial charge in [-0.25, -0.2) is 0 Å². The Morgan fingerprint density at radius 3 is 2.50 bits per heavy atom. The van der Waals surface area contributed by atoms with Crippen LogP contribution >= 0.6 is 0 Å². The van der Waals surface area contributed by atoms with Crippen LogP contribution in [0.4, 0.5) is 5.69 Å². The number of amides is 3. The van der Waals surface area contributed by atoms with Crippen LogP contribution in [0.5, 0.6) is 5.75 Å². The average molecular weight is 491 g/mol. The molecule has 1 aliphatic rings. The van der Waals surface area contributed by atoms with Crippen molar-refractivity contribution in [2.45, 2.75) is 44.2 Å². The number of pyridine rings is 1. The van der Waals surface area contributed by atoms with Crippen molar-refractivity contribution < 1.29 is 23.5 Å². The molecule has 9 heteroatoms. The van der Waals surface area contributed by atoms with Crippen LogP contribution in [0.1, 0.15) is 54.3 Å². The number of carbonyl (C=O) groups is 3. The molecule has 0 bridgehead atoms. The Kier molecular flexibility index (Phi) is 8.33. The number of methoxy groups -OCH3 is 1. The SMILES string of the molecule is COc1ccc(N(C(=O)CNC(=O)c2ccco2)C(C(=O)NC2CCCCC2)c2cccnc2)cc1. The third-order valence-corrected chi connectivity index (χ3v) is 6.22. The van der Waals surface area contributed by atoms with Crippen molar-refractivity contribution in [3.8, 4) is 5.75 Å². The smallest absolute Gasteiger partial charge is 0.287 e. The fourth-order valence-corrected chi connectivity index (χ4v) is 4.40. The van der Waals surface area contributed by atoms with Gasteiger partial charge in [-0.2, -0.15) is 0 Å². The highest BCUT2D eigenvalue weighted by Crippen LogP contribution is 2.30. The summed E-state index contributed by atoms with van der Waals surface area (Å²) in [5, 5.41) is 5.73. The minimum absolute atomic E-state index is 0.0527. The zero-order chi connectivity index (χ0) is 25.3. The van der Waals surface area contributed by atoms with Crippen molar-refractivity contribution in [1.29, 1.82) is 0 Å². The number of anilines is 1. The lowest BCUT2D eigenvalue weighted by Gasteiger charge is -2.33. The van der Waals surface area contributed by atoms with Crippen molar-refractivity contribution in [1.82, 2.24) is 15.6 Å². The molecule has 1 saturated carbocycles. The number of nitrogens with zero attached hydrogens (tertiary/aromatic N) is 2. The fourth-order valence-electron chi connectivity index (χ4n) is 4.40. The van der Waals surface area contributed by atoms with E-state index in [9.17, 15) is 14.4 Å². The maximum absolute atomic E-state index is 13.7. The molecule has 1 aliphatic carbocycles. The predicted molar refractivity (Wildman–Crippen MR) is 134 cm³/mol. The maximum atomic E-state index is 13.7. The van der Waals surface area contributed by atoms with Crippen LogP contribution in [-0.4, -0.2) is 42.4 Å². The average Bonchev–Trinajstić information content (AvgIpc) is 3.46. The van der Waals surface area contributed by atoms with Gasteiger partial charge in [-0.05, 0) is 55.3 Å². The Morgan fingerprint density at radius 1 is 1.08 bits per heavy atom. The fraction of sp³-hybridized carbons (Fsp3) is 0.333. The number of aromatic nitrogens is 1. The van der Waals surface area contributed by atoms with Crippen LogP contribution in [0.2, 0.25) is 0 Å². The first kappa shape index (κ1) is 25.0. The normalized spacial score (nSPS) is 14.5. The molecule has 2 aromatic heterocycles. The van der Waals surface area contributed by atoms with Gasteiger partial charge in [0.25, 0.3) is 5.91 Å².